The summed E-state index contributed by atoms with van der Waals surface area (Å²) in [5, 5.41) is 4.47. The molecule has 2 aliphatic rings. The largest absolute Gasteiger partial charge is 0.377 e. The Bertz CT molecular complexity index is 1510. The molecule has 0 amide bonds. The topological polar surface area (TPSA) is 84.9 Å². The van der Waals surface area contributed by atoms with Gasteiger partial charge in [0, 0.05) is 31.7 Å². The Labute approximate surface area is 254 Å². The van der Waals surface area contributed by atoms with Crippen molar-refractivity contribution in [2.24, 2.45) is 0 Å². The molecular formula is C34H42N6O3. The third-order valence-corrected chi connectivity index (χ3v) is 8.16. The van der Waals surface area contributed by atoms with E-state index in [1.807, 2.05) is 0 Å². The monoisotopic (exact) mass is 582 g/mol. The van der Waals surface area contributed by atoms with Gasteiger partial charge in [0.25, 0.3) is 0 Å². The van der Waals surface area contributed by atoms with Crippen molar-refractivity contribution in [2.75, 3.05) is 62.5 Å². The average molecular weight is 583 g/mol. The number of hydrogen-bond donors (Lipinski definition) is 1. The number of pyridine rings is 1. The van der Waals surface area contributed by atoms with Gasteiger partial charge in [-0.1, -0.05) is 48.0 Å². The average Bonchev–Trinajstić information content (AvgIpc) is 3.03. The van der Waals surface area contributed by atoms with Crippen molar-refractivity contribution >= 4 is 22.8 Å². The molecule has 43 heavy (non-hydrogen) atoms. The fourth-order valence-corrected chi connectivity index (χ4v) is 5.65. The van der Waals surface area contributed by atoms with Crippen molar-refractivity contribution in [3.05, 3.63) is 77.4 Å². The lowest BCUT2D eigenvalue weighted by atomic mass is 10.1. The highest BCUT2D eigenvalue weighted by molar-refractivity contribution is 5.90. The zero-order valence-corrected chi connectivity index (χ0v) is 25.5. The third-order valence-electron chi connectivity index (χ3n) is 8.16. The molecule has 1 N–H and O–H groups in total. The van der Waals surface area contributed by atoms with Crippen molar-refractivity contribution in [1.29, 1.82) is 0 Å². The molecule has 6 rings (SSSR count). The quantitative estimate of drug-likeness (QED) is 0.266. The number of nitrogens with zero attached hydrogens (tertiary/aromatic N) is 5. The van der Waals surface area contributed by atoms with Crippen LogP contribution in [0.5, 0.6) is 0 Å². The molecule has 4 aromatic rings. The maximum Gasteiger partial charge on any atom is 0.229 e. The molecule has 0 bridgehead atoms. The Kier molecular flexibility index (Phi) is 9.43. The molecule has 0 unspecified atom stereocenters. The van der Waals surface area contributed by atoms with E-state index in [0.717, 1.165) is 48.6 Å². The summed E-state index contributed by atoms with van der Waals surface area (Å²) in [4.78, 5) is 19.8. The number of aryl methyl sites for hydroxylation is 1. The van der Waals surface area contributed by atoms with E-state index in [0.29, 0.717) is 51.2 Å². The second kappa shape index (κ2) is 13.8. The van der Waals surface area contributed by atoms with Crippen molar-refractivity contribution < 1.29 is 14.2 Å². The molecule has 2 aromatic carbocycles. The van der Waals surface area contributed by atoms with Crippen molar-refractivity contribution in [2.45, 2.75) is 46.0 Å². The first kappa shape index (κ1) is 29.4. The Morgan fingerprint density at radius 2 is 1.63 bits per heavy atom. The molecule has 4 heterocycles. The summed E-state index contributed by atoms with van der Waals surface area (Å²) in [6, 6.07) is 21.6. The van der Waals surface area contributed by atoms with E-state index >= 15 is 0 Å². The van der Waals surface area contributed by atoms with E-state index in [9.17, 15) is 0 Å². The van der Waals surface area contributed by atoms with Gasteiger partial charge in [-0.05, 0) is 50.1 Å². The molecule has 2 saturated heterocycles. The minimum Gasteiger partial charge on any atom is -0.377 e. The van der Waals surface area contributed by atoms with Gasteiger partial charge in [-0.25, -0.2) is 4.98 Å². The minimum atomic E-state index is 0.196. The van der Waals surface area contributed by atoms with Gasteiger partial charge >= 0.3 is 0 Å². The fourth-order valence-electron chi connectivity index (χ4n) is 5.65. The molecule has 0 saturated carbocycles. The number of fused-ring (bicyclic) bond motifs is 1. The van der Waals surface area contributed by atoms with Gasteiger partial charge in [0.2, 0.25) is 5.95 Å². The lowest BCUT2D eigenvalue weighted by molar-refractivity contribution is 0.0973. The number of anilines is 2. The lowest BCUT2D eigenvalue weighted by Gasteiger charge is -2.37. The molecule has 0 aliphatic carbocycles. The first-order valence-corrected chi connectivity index (χ1v) is 15.4. The summed E-state index contributed by atoms with van der Waals surface area (Å²) in [5.41, 5.74) is 6.34. The van der Waals surface area contributed by atoms with E-state index < -0.39 is 0 Å². The van der Waals surface area contributed by atoms with Gasteiger partial charge in [-0.3, -0.25) is 0 Å². The predicted octanol–water partition coefficient (Wildman–Crippen LogP) is 4.76. The molecule has 0 spiro atoms. The lowest BCUT2D eigenvalue weighted by Crippen LogP contribution is -2.46. The highest BCUT2D eigenvalue weighted by Gasteiger charge is 2.27. The fraction of sp³-hybridized carbons (Fsp3) is 0.441. The highest BCUT2D eigenvalue weighted by Crippen LogP contribution is 2.31. The molecule has 9 heteroatoms. The number of benzene rings is 2. The van der Waals surface area contributed by atoms with E-state index in [2.05, 4.69) is 96.6 Å². The van der Waals surface area contributed by atoms with Crippen LogP contribution >= 0.6 is 0 Å². The van der Waals surface area contributed by atoms with Crippen LogP contribution < -0.4 is 15.1 Å². The number of aromatic nitrogens is 3. The predicted molar refractivity (Wildman–Crippen MR) is 171 cm³/mol. The van der Waals surface area contributed by atoms with Crippen LogP contribution in [0.1, 0.15) is 30.5 Å². The summed E-state index contributed by atoms with van der Waals surface area (Å²) in [6.45, 7) is 13.5. The van der Waals surface area contributed by atoms with Crippen molar-refractivity contribution in [1.82, 2.24) is 20.3 Å². The smallest absolute Gasteiger partial charge is 0.229 e. The summed E-state index contributed by atoms with van der Waals surface area (Å²) in [6.07, 6.45) is 0. The van der Waals surface area contributed by atoms with Crippen LogP contribution in [-0.2, 0) is 27.4 Å². The Balaban J connectivity index is 1.18. The minimum absolute atomic E-state index is 0.196. The first-order chi connectivity index (χ1) is 21.0. The van der Waals surface area contributed by atoms with E-state index in [-0.39, 0.29) is 12.1 Å². The second-order valence-corrected chi connectivity index (χ2v) is 11.6. The number of morpholine rings is 2. The summed E-state index contributed by atoms with van der Waals surface area (Å²) in [7, 11) is 0. The van der Waals surface area contributed by atoms with E-state index in [1.165, 1.54) is 16.7 Å². The summed E-state index contributed by atoms with van der Waals surface area (Å²) in [5.74, 6) is 1.64. The van der Waals surface area contributed by atoms with E-state index in [1.54, 1.807) is 0 Å². The van der Waals surface area contributed by atoms with Crippen LogP contribution in [0.4, 0.5) is 11.8 Å². The van der Waals surface area contributed by atoms with Gasteiger partial charge in [-0.2, -0.15) is 9.97 Å². The molecule has 2 aromatic heterocycles. The van der Waals surface area contributed by atoms with Crippen LogP contribution in [0.2, 0.25) is 0 Å². The molecule has 2 aliphatic heterocycles. The summed E-state index contributed by atoms with van der Waals surface area (Å²) < 4.78 is 17.3. The van der Waals surface area contributed by atoms with Gasteiger partial charge in [-0.15, -0.1) is 0 Å². The number of ether oxygens (including phenoxy) is 3. The van der Waals surface area contributed by atoms with Crippen molar-refractivity contribution in [3.63, 3.8) is 0 Å². The Hall–Kier alpha value is -3.63. The Morgan fingerprint density at radius 3 is 2.40 bits per heavy atom. The van der Waals surface area contributed by atoms with Crippen LogP contribution in [0.15, 0.2) is 60.7 Å². The van der Waals surface area contributed by atoms with Crippen LogP contribution in [0.3, 0.4) is 0 Å². The third kappa shape index (κ3) is 7.13. The number of nitrogens with one attached hydrogen (secondary N) is 1. The van der Waals surface area contributed by atoms with Crippen LogP contribution in [-0.4, -0.2) is 79.7 Å². The molecule has 2 fully saturated rings. The molecule has 2 atom stereocenters. The maximum atomic E-state index is 5.85. The van der Waals surface area contributed by atoms with Gasteiger partial charge < -0.3 is 29.3 Å². The van der Waals surface area contributed by atoms with Gasteiger partial charge in [0.15, 0.2) is 5.65 Å². The zero-order valence-electron chi connectivity index (χ0n) is 25.5. The zero-order chi connectivity index (χ0) is 29.6. The van der Waals surface area contributed by atoms with Gasteiger partial charge in [0.05, 0.1) is 62.8 Å². The number of hydrogen-bond acceptors (Lipinski definition) is 9. The normalized spacial score (nSPS) is 19.2. The molecule has 226 valence electrons. The maximum absolute atomic E-state index is 5.85. The SMILES string of the molecule is Cc1ccc(COCCNCc2cccc(-c3ccc4c(N5CCOC[C@H]5C)nc(N5CCOC[C@H]5C)nc4n3)c2)cc1. The molecule has 9 nitrogen and oxygen atoms in total. The first-order valence-electron chi connectivity index (χ1n) is 15.4. The number of rotatable bonds is 10. The van der Waals surface area contributed by atoms with E-state index in [4.69, 9.17) is 29.2 Å². The van der Waals surface area contributed by atoms with Crippen molar-refractivity contribution in [3.8, 4) is 11.3 Å². The Morgan fingerprint density at radius 1 is 0.860 bits per heavy atom. The standard InChI is InChI=1S/C34H42N6O3/c1-24-7-9-27(10-8-24)23-41-16-13-35-20-28-5-4-6-29(19-28)31-12-11-30-32(36-31)37-34(40-15-18-43-22-26(40)3)38-33(30)39-14-17-42-21-25(39)2/h4-12,19,25-26,35H,13-18,20-23H2,1-3H3/t25-,26-/m1/s1. The van der Waals surface area contributed by atoms with Gasteiger partial charge in [0.1, 0.15) is 5.82 Å². The second-order valence-electron chi connectivity index (χ2n) is 11.6. The summed E-state index contributed by atoms with van der Waals surface area (Å²) >= 11 is 0. The highest BCUT2D eigenvalue weighted by atomic mass is 16.5. The molecule has 0 radical (unpaired) electrons. The molecular weight excluding hydrogens is 540 g/mol. The van der Waals surface area contributed by atoms with Crippen LogP contribution in [0, 0.1) is 6.92 Å². The van der Waals surface area contributed by atoms with Crippen LogP contribution in [0.25, 0.3) is 22.3 Å².